The van der Waals surface area contributed by atoms with E-state index in [9.17, 15) is 19.8 Å². The molecule has 1 aliphatic rings. The van der Waals surface area contributed by atoms with Crippen LogP contribution in [-0.2, 0) is 0 Å². The first kappa shape index (κ1) is 20.8. The van der Waals surface area contributed by atoms with Crippen LogP contribution < -0.4 is 14.9 Å². The van der Waals surface area contributed by atoms with Gasteiger partial charge in [0.15, 0.2) is 0 Å². The van der Waals surface area contributed by atoms with Crippen molar-refractivity contribution in [2.24, 2.45) is 0 Å². The minimum absolute atomic E-state index is 0. The molecule has 1 aromatic rings. The molecule has 0 atom stereocenters. The van der Waals surface area contributed by atoms with Gasteiger partial charge in [0.2, 0.25) is 0 Å². The van der Waals surface area contributed by atoms with Crippen molar-refractivity contribution in [2.45, 2.75) is 0 Å². The molecular formula is C12H11MgNO5S. The third-order valence-corrected chi connectivity index (χ3v) is 2.39. The monoisotopic (exact) mass is 305 g/mol. The van der Waals surface area contributed by atoms with Gasteiger partial charge in [-0.3, -0.25) is 0 Å². The molecule has 102 valence electrons. The van der Waals surface area contributed by atoms with Gasteiger partial charge in [-0.25, -0.2) is 0 Å². The first-order valence-electron chi connectivity index (χ1n) is 4.87. The van der Waals surface area contributed by atoms with Crippen molar-refractivity contribution in [3.63, 3.8) is 0 Å². The van der Waals surface area contributed by atoms with Crippen molar-refractivity contribution < 1.29 is 25.3 Å². The first-order valence-corrected chi connectivity index (χ1v) is 5.75. The van der Waals surface area contributed by atoms with Gasteiger partial charge in [0, 0.05) is 6.20 Å². The molecule has 0 saturated heterocycles. The molecule has 0 unspecified atom stereocenters. The average molecular weight is 306 g/mol. The summed E-state index contributed by atoms with van der Waals surface area (Å²) in [6, 6.07) is 4.81. The van der Waals surface area contributed by atoms with E-state index in [1.807, 2.05) is 23.8 Å². The Morgan fingerprint density at radius 3 is 1.85 bits per heavy atom. The topological polar surface area (TPSA) is 124 Å². The SMILES string of the molecule is C1=CNSC=C1.O.O=C([O-])c1cccc(C(=O)[O-])c1.[Mg+2]. The molecule has 0 spiro atoms. The zero-order valence-electron chi connectivity index (χ0n) is 10.4. The fourth-order valence-corrected chi connectivity index (χ4v) is 1.44. The van der Waals surface area contributed by atoms with Gasteiger partial charge in [-0.05, 0) is 40.6 Å². The third kappa shape index (κ3) is 7.84. The molecular weight excluding hydrogens is 295 g/mol. The van der Waals surface area contributed by atoms with E-state index in [-0.39, 0.29) is 39.7 Å². The number of rotatable bonds is 2. The standard InChI is InChI=1S/C8H6O4.C4H5NS.Mg.H2O/c9-7(10)5-2-1-3-6(4-5)8(11)12;1-2-4-6-5-3-1;;/h1-4H,(H,9,10)(H,11,12);1-5H;;1H2/q;;+2;/p-2. The van der Waals surface area contributed by atoms with Crippen LogP contribution in [0.1, 0.15) is 20.7 Å². The second-order valence-electron chi connectivity index (χ2n) is 3.08. The van der Waals surface area contributed by atoms with E-state index in [0.717, 1.165) is 6.07 Å². The summed E-state index contributed by atoms with van der Waals surface area (Å²) >= 11 is 1.58. The minimum atomic E-state index is -1.40. The van der Waals surface area contributed by atoms with Crippen LogP contribution in [0.2, 0.25) is 0 Å². The maximum Gasteiger partial charge on any atom is 2.00 e. The molecule has 0 aromatic heterocycles. The summed E-state index contributed by atoms with van der Waals surface area (Å²) in [5.41, 5.74) is -0.339. The number of carboxylic acid groups (broad SMARTS) is 2. The van der Waals surface area contributed by atoms with Crippen molar-refractivity contribution in [1.82, 2.24) is 4.72 Å². The Bertz CT molecular complexity index is 463. The Morgan fingerprint density at radius 2 is 1.60 bits per heavy atom. The largest absolute Gasteiger partial charge is 2.00 e. The van der Waals surface area contributed by atoms with Crippen LogP contribution in [0.3, 0.4) is 0 Å². The third-order valence-electron chi connectivity index (χ3n) is 1.82. The number of carbonyl (C=O) groups is 2. The number of benzene rings is 1. The molecule has 0 saturated carbocycles. The van der Waals surface area contributed by atoms with E-state index in [1.54, 1.807) is 11.9 Å². The van der Waals surface area contributed by atoms with Crippen LogP contribution in [0, 0.1) is 0 Å². The maximum atomic E-state index is 10.3. The molecule has 0 amide bonds. The number of aromatic carboxylic acids is 2. The molecule has 0 fully saturated rings. The smallest absolute Gasteiger partial charge is 0.545 e. The summed E-state index contributed by atoms with van der Waals surface area (Å²) in [5, 5.41) is 22.5. The number of nitrogens with one attached hydrogen (secondary N) is 1. The van der Waals surface area contributed by atoms with Crippen LogP contribution in [-0.4, -0.2) is 40.5 Å². The molecule has 0 aliphatic carbocycles. The minimum Gasteiger partial charge on any atom is -0.545 e. The molecule has 3 N–H and O–H groups in total. The number of hydrogen-bond acceptors (Lipinski definition) is 6. The molecule has 1 heterocycles. The van der Waals surface area contributed by atoms with Gasteiger partial charge >= 0.3 is 23.1 Å². The van der Waals surface area contributed by atoms with E-state index >= 15 is 0 Å². The summed E-state index contributed by atoms with van der Waals surface area (Å²) in [7, 11) is 0. The van der Waals surface area contributed by atoms with E-state index in [2.05, 4.69) is 4.72 Å². The molecule has 6 nitrogen and oxygen atoms in total. The van der Waals surface area contributed by atoms with E-state index in [0.29, 0.717) is 0 Å². The summed E-state index contributed by atoms with van der Waals surface area (Å²) in [4.78, 5) is 20.5. The summed E-state index contributed by atoms with van der Waals surface area (Å²) in [5.74, 6) is -2.81. The molecule has 20 heavy (non-hydrogen) atoms. The summed E-state index contributed by atoms with van der Waals surface area (Å²) in [6.45, 7) is 0. The summed E-state index contributed by atoms with van der Waals surface area (Å²) in [6.07, 6.45) is 5.84. The van der Waals surface area contributed by atoms with Gasteiger partial charge < -0.3 is 30.0 Å². The van der Waals surface area contributed by atoms with Crippen molar-refractivity contribution >= 4 is 46.9 Å². The van der Waals surface area contributed by atoms with Crippen LogP contribution in [0.5, 0.6) is 0 Å². The Hall–Kier alpha value is -1.48. The fourth-order valence-electron chi connectivity index (χ4n) is 1.03. The Balaban J connectivity index is 0. The molecule has 1 aromatic carbocycles. The molecule has 0 radical (unpaired) electrons. The van der Waals surface area contributed by atoms with E-state index in [1.165, 1.54) is 18.2 Å². The molecule has 0 bridgehead atoms. The maximum absolute atomic E-state index is 10.3. The van der Waals surface area contributed by atoms with Crippen molar-refractivity contribution in [3.05, 3.63) is 59.2 Å². The van der Waals surface area contributed by atoms with Gasteiger partial charge in [-0.15, -0.1) is 0 Å². The molecule has 2 rings (SSSR count). The summed E-state index contributed by atoms with van der Waals surface area (Å²) < 4.78 is 2.93. The first-order chi connectivity index (χ1) is 8.61. The second kappa shape index (κ2) is 11.4. The van der Waals surface area contributed by atoms with Gasteiger partial charge in [0.1, 0.15) is 0 Å². The van der Waals surface area contributed by atoms with Crippen molar-refractivity contribution in [2.75, 3.05) is 0 Å². The second-order valence-corrected chi connectivity index (χ2v) is 3.82. The number of allylic oxidation sites excluding steroid dienone is 2. The van der Waals surface area contributed by atoms with Gasteiger partial charge in [0.05, 0.1) is 11.9 Å². The van der Waals surface area contributed by atoms with Crippen LogP contribution in [0.25, 0.3) is 0 Å². The van der Waals surface area contributed by atoms with E-state index in [4.69, 9.17) is 0 Å². The normalized spacial score (nSPS) is 10.8. The zero-order valence-corrected chi connectivity index (χ0v) is 12.6. The van der Waals surface area contributed by atoms with E-state index < -0.39 is 11.9 Å². The number of carboxylic acids is 2. The zero-order chi connectivity index (χ0) is 13.4. The predicted octanol–water partition coefficient (Wildman–Crippen LogP) is -1.53. The van der Waals surface area contributed by atoms with Crippen molar-refractivity contribution in [1.29, 1.82) is 0 Å². The quantitative estimate of drug-likeness (QED) is 0.522. The fraction of sp³-hybridized carbons (Fsp3) is 0. The Morgan fingerprint density at radius 1 is 1.05 bits per heavy atom. The molecule has 8 heteroatoms. The van der Waals surface area contributed by atoms with Crippen LogP contribution >= 0.6 is 11.9 Å². The Labute approximate surface area is 136 Å². The predicted molar refractivity (Wildman–Crippen MR) is 73.5 cm³/mol. The number of carbonyl (C=O) groups excluding carboxylic acids is 2. The van der Waals surface area contributed by atoms with Gasteiger partial charge in [-0.2, -0.15) is 0 Å². The van der Waals surface area contributed by atoms with Gasteiger partial charge in [0.25, 0.3) is 0 Å². The number of hydrogen-bond donors (Lipinski definition) is 1. The van der Waals surface area contributed by atoms with Gasteiger partial charge in [-0.1, -0.05) is 24.3 Å². The molecule has 1 aliphatic heterocycles. The van der Waals surface area contributed by atoms with Crippen LogP contribution in [0.4, 0.5) is 0 Å². The Kier molecular flexibility index (Phi) is 11.8. The average Bonchev–Trinajstić information content (AvgIpc) is 2.41. The van der Waals surface area contributed by atoms with Crippen molar-refractivity contribution in [3.8, 4) is 0 Å². The van der Waals surface area contributed by atoms with Crippen LogP contribution in [0.15, 0.2) is 48.0 Å².